The van der Waals surface area contributed by atoms with E-state index in [9.17, 15) is 9.59 Å². The molecular formula is C14H19N3O4. The van der Waals surface area contributed by atoms with E-state index in [2.05, 4.69) is 14.9 Å². The summed E-state index contributed by atoms with van der Waals surface area (Å²) in [7, 11) is 0. The topological polar surface area (TPSA) is 84.5 Å². The van der Waals surface area contributed by atoms with E-state index in [0.29, 0.717) is 18.5 Å². The molecular weight excluding hydrogens is 274 g/mol. The highest BCUT2D eigenvalue weighted by Gasteiger charge is 2.34. The van der Waals surface area contributed by atoms with Crippen molar-refractivity contribution in [2.24, 2.45) is 0 Å². The number of hydrogen-bond donors (Lipinski definition) is 1. The molecule has 3 heterocycles. The minimum Gasteiger partial charge on any atom is -0.462 e. The Morgan fingerprint density at radius 2 is 2.48 bits per heavy atom. The molecule has 3 rings (SSSR count). The Morgan fingerprint density at radius 3 is 3.24 bits per heavy atom. The van der Waals surface area contributed by atoms with Crippen LogP contribution in [0.15, 0.2) is 11.0 Å². The van der Waals surface area contributed by atoms with Crippen LogP contribution in [-0.2, 0) is 9.47 Å². The molecule has 0 amide bonds. The van der Waals surface area contributed by atoms with Gasteiger partial charge in [-0.15, -0.1) is 0 Å². The van der Waals surface area contributed by atoms with Gasteiger partial charge in [0.05, 0.1) is 13.2 Å². The number of rotatable bonds is 3. The Balaban J connectivity index is 1.76. The smallest absolute Gasteiger partial charge is 0.345 e. The number of fused-ring (bicyclic) bond motifs is 1. The number of carbonyl (C=O) groups is 1. The molecule has 0 aromatic carbocycles. The van der Waals surface area contributed by atoms with E-state index in [1.807, 2.05) is 0 Å². The highest BCUT2D eigenvalue weighted by atomic mass is 16.5. The molecule has 2 aliphatic rings. The molecule has 2 unspecified atom stereocenters. The molecule has 114 valence electrons. The number of carbonyl (C=O) groups excluding carboxylic acids is 1. The molecule has 2 atom stereocenters. The van der Waals surface area contributed by atoms with Crippen LogP contribution in [0.1, 0.15) is 42.1 Å². The molecule has 0 bridgehead atoms. The molecule has 0 aliphatic carbocycles. The number of nitrogens with zero attached hydrogens (tertiary/aromatic N) is 2. The number of H-pyrrole nitrogens is 1. The van der Waals surface area contributed by atoms with Crippen LogP contribution >= 0.6 is 0 Å². The third-order valence-electron chi connectivity index (χ3n) is 4.01. The first-order valence-corrected chi connectivity index (χ1v) is 7.31. The van der Waals surface area contributed by atoms with Crippen molar-refractivity contribution in [1.82, 2.24) is 14.9 Å². The van der Waals surface area contributed by atoms with Gasteiger partial charge in [0.25, 0.3) is 5.56 Å². The van der Waals surface area contributed by atoms with Gasteiger partial charge in [-0.25, -0.2) is 9.78 Å². The maximum Gasteiger partial charge on any atom is 0.345 e. The highest BCUT2D eigenvalue weighted by molar-refractivity contribution is 5.88. The zero-order chi connectivity index (χ0) is 14.8. The van der Waals surface area contributed by atoms with Crippen LogP contribution < -0.4 is 5.56 Å². The van der Waals surface area contributed by atoms with Gasteiger partial charge in [-0.2, -0.15) is 0 Å². The molecule has 2 fully saturated rings. The number of hydrogen-bond acceptors (Lipinski definition) is 6. The van der Waals surface area contributed by atoms with Gasteiger partial charge >= 0.3 is 5.97 Å². The SMILES string of the molecule is CCOC(=O)c1cnc(C2CN3CCCC3CO2)[nH]c1=O. The second-order valence-electron chi connectivity index (χ2n) is 5.34. The van der Waals surface area contributed by atoms with Crippen molar-refractivity contribution in [2.75, 3.05) is 26.3 Å². The van der Waals surface area contributed by atoms with Crippen molar-refractivity contribution in [1.29, 1.82) is 0 Å². The lowest BCUT2D eigenvalue weighted by atomic mass is 10.2. The third kappa shape index (κ3) is 2.84. The van der Waals surface area contributed by atoms with Crippen LogP contribution in [0, 0.1) is 0 Å². The summed E-state index contributed by atoms with van der Waals surface area (Å²) in [6, 6.07) is 0.492. The second-order valence-corrected chi connectivity index (χ2v) is 5.34. The Labute approximate surface area is 122 Å². The fraction of sp³-hybridized carbons (Fsp3) is 0.643. The number of esters is 1. The summed E-state index contributed by atoms with van der Waals surface area (Å²) in [5, 5.41) is 0. The van der Waals surface area contributed by atoms with E-state index in [1.54, 1.807) is 6.92 Å². The van der Waals surface area contributed by atoms with Gasteiger partial charge in [-0.05, 0) is 26.3 Å². The van der Waals surface area contributed by atoms with Crippen LogP contribution in [0.3, 0.4) is 0 Å². The molecule has 7 nitrogen and oxygen atoms in total. The van der Waals surface area contributed by atoms with Gasteiger partial charge in [0.15, 0.2) is 0 Å². The number of nitrogens with one attached hydrogen (secondary N) is 1. The van der Waals surface area contributed by atoms with E-state index in [-0.39, 0.29) is 18.3 Å². The van der Waals surface area contributed by atoms with Crippen molar-refractivity contribution in [3.8, 4) is 0 Å². The van der Waals surface area contributed by atoms with Crippen LogP contribution in [0.5, 0.6) is 0 Å². The van der Waals surface area contributed by atoms with Crippen molar-refractivity contribution < 1.29 is 14.3 Å². The first kappa shape index (κ1) is 14.2. The van der Waals surface area contributed by atoms with Crippen LogP contribution in [-0.4, -0.2) is 53.2 Å². The standard InChI is InChI=1S/C14H19N3O4/c1-2-20-14(19)10-6-15-12(16-13(10)18)11-7-17-5-3-4-9(17)8-21-11/h6,9,11H,2-5,7-8H2,1H3,(H,15,16,18). The van der Waals surface area contributed by atoms with Gasteiger partial charge < -0.3 is 14.5 Å². The number of aromatic nitrogens is 2. The largest absolute Gasteiger partial charge is 0.462 e. The molecule has 7 heteroatoms. The number of morpholine rings is 1. The Kier molecular flexibility index (Phi) is 4.03. The van der Waals surface area contributed by atoms with Crippen LogP contribution in [0.4, 0.5) is 0 Å². The minimum atomic E-state index is -0.651. The Bertz CT molecular complexity index is 586. The van der Waals surface area contributed by atoms with Crippen molar-refractivity contribution in [2.45, 2.75) is 31.9 Å². The number of ether oxygens (including phenoxy) is 2. The van der Waals surface area contributed by atoms with Gasteiger partial charge in [-0.1, -0.05) is 0 Å². The fourth-order valence-corrected chi connectivity index (χ4v) is 2.91. The van der Waals surface area contributed by atoms with Gasteiger partial charge in [0.2, 0.25) is 0 Å². The molecule has 0 spiro atoms. The first-order valence-electron chi connectivity index (χ1n) is 7.31. The van der Waals surface area contributed by atoms with Crippen LogP contribution in [0.2, 0.25) is 0 Å². The summed E-state index contributed by atoms with van der Waals surface area (Å²) in [6.45, 7) is 4.37. The summed E-state index contributed by atoms with van der Waals surface area (Å²) >= 11 is 0. The molecule has 0 saturated carbocycles. The molecule has 21 heavy (non-hydrogen) atoms. The lowest BCUT2D eigenvalue weighted by molar-refractivity contribution is -0.0542. The molecule has 1 aromatic heterocycles. The maximum absolute atomic E-state index is 12.0. The summed E-state index contributed by atoms with van der Waals surface area (Å²) in [6.07, 6.45) is 3.37. The van der Waals surface area contributed by atoms with E-state index >= 15 is 0 Å². The average molecular weight is 293 g/mol. The quantitative estimate of drug-likeness (QED) is 0.816. The zero-order valence-corrected chi connectivity index (χ0v) is 12.0. The monoisotopic (exact) mass is 293 g/mol. The normalized spacial score (nSPS) is 25.6. The van der Waals surface area contributed by atoms with Crippen molar-refractivity contribution in [3.63, 3.8) is 0 Å². The summed E-state index contributed by atoms with van der Waals surface area (Å²) in [5.41, 5.74) is -0.555. The Hall–Kier alpha value is -1.73. The van der Waals surface area contributed by atoms with Gasteiger partial charge in [0.1, 0.15) is 17.5 Å². The van der Waals surface area contributed by atoms with Crippen LogP contribution in [0.25, 0.3) is 0 Å². The third-order valence-corrected chi connectivity index (χ3v) is 4.01. The molecule has 1 aromatic rings. The highest BCUT2D eigenvalue weighted by Crippen LogP contribution is 2.28. The molecule has 2 aliphatic heterocycles. The van der Waals surface area contributed by atoms with E-state index in [1.165, 1.54) is 19.0 Å². The van der Waals surface area contributed by atoms with E-state index in [4.69, 9.17) is 9.47 Å². The van der Waals surface area contributed by atoms with Gasteiger partial charge in [0, 0.05) is 18.8 Å². The minimum absolute atomic E-state index is 0.0736. The lowest BCUT2D eigenvalue weighted by Gasteiger charge is -2.34. The fourth-order valence-electron chi connectivity index (χ4n) is 2.91. The van der Waals surface area contributed by atoms with Crippen molar-refractivity contribution in [3.05, 3.63) is 27.9 Å². The van der Waals surface area contributed by atoms with E-state index < -0.39 is 11.5 Å². The zero-order valence-electron chi connectivity index (χ0n) is 12.0. The lowest BCUT2D eigenvalue weighted by Crippen LogP contribution is -2.43. The Morgan fingerprint density at radius 1 is 1.62 bits per heavy atom. The average Bonchev–Trinajstić information content (AvgIpc) is 2.94. The maximum atomic E-state index is 12.0. The van der Waals surface area contributed by atoms with Gasteiger partial charge in [-0.3, -0.25) is 9.69 Å². The second kappa shape index (κ2) is 5.95. The van der Waals surface area contributed by atoms with Crippen molar-refractivity contribution >= 4 is 5.97 Å². The molecule has 1 N–H and O–H groups in total. The summed E-state index contributed by atoms with van der Waals surface area (Å²) in [5.74, 6) is -0.180. The summed E-state index contributed by atoms with van der Waals surface area (Å²) in [4.78, 5) is 32.7. The summed E-state index contributed by atoms with van der Waals surface area (Å²) < 4.78 is 10.6. The predicted octanol–water partition coefficient (Wildman–Crippen LogP) is 0.482. The number of aromatic amines is 1. The first-order chi connectivity index (χ1) is 10.2. The predicted molar refractivity (Wildman–Crippen MR) is 74.1 cm³/mol. The molecule has 0 radical (unpaired) electrons. The molecule has 2 saturated heterocycles. The van der Waals surface area contributed by atoms with E-state index in [0.717, 1.165) is 13.1 Å².